The first-order valence-corrected chi connectivity index (χ1v) is 8.45. The number of fused-ring (bicyclic) bond motifs is 1. The van der Waals surface area contributed by atoms with Crippen LogP contribution in [-0.2, 0) is 11.3 Å². The molecule has 0 aliphatic carbocycles. The summed E-state index contributed by atoms with van der Waals surface area (Å²) < 4.78 is 7.34. The van der Waals surface area contributed by atoms with Crippen molar-refractivity contribution in [2.45, 2.75) is 32.2 Å². The first-order valence-electron chi connectivity index (χ1n) is 8.45. The van der Waals surface area contributed by atoms with E-state index in [0.717, 1.165) is 42.4 Å². The van der Waals surface area contributed by atoms with Crippen molar-refractivity contribution in [3.05, 3.63) is 36.9 Å². The molecule has 3 heterocycles. The molecule has 1 amide bonds. The van der Waals surface area contributed by atoms with Gasteiger partial charge in [-0.2, -0.15) is 0 Å². The highest BCUT2D eigenvalue weighted by Crippen LogP contribution is 2.29. The number of aromatic nitrogens is 3. The molecule has 1 aliphatic rings. The van der Waals surface area contributed by atoms with Gasteiger partial charge in [-0.1, -0.05) is 31.0 Å². The van der Waals surface area contributed by atoms with Gasteiger partial charge < -0.3 is 13.9 Å². The van der Waals surface area contributed by atoms with Crippen LogP contribution >= 0.6 is 0 Å². The highest BCUT2D eigenvalue weighted by molar-refractivity contribution is 5.94. The van der Waals surface area contributed by atoms with Crippen molar-refractivity contribution in [1.82, 2.24) is 19.7 Å². The third-order valence-electron chi connectivity index (χ3n) is 4.64. The van der Waals surface area contributed by atoms with E-state index in [2.05, 4.69) is 10.2 Å². The predicted molar refractivity (Wildman–Crippen MR) is 90.3 cm³/mol. The number of hydrogen-bond donors (Lipinski definition) is 0. The van der Waals surface area contributed by atoms with Crippen molar-refractivity contribution in [3.63, 3.8) is 0 Å². The molecular weight excluding hydrogens is 304 g/mol. The number of rotatable bonds is 3. The van der Waals surface area contributed by atoms with Crippen molar-refractivity contribution in [2.24, 2.45) is 0 Å². The second-order valence-electron chi connectivity index (χ2n) is 6.23. The molecule has 1 aliphatic heterocycles. The minimum absolute atomic E-state index is 0.176. The van der Waals surface area contributed by atoms with Crippen molar-refractivity contribution < 1.29 is 9.21 Å². The first-order chi connectivity index (χ1) is 11.8. The summed E-state index contributed by atoms with van der Waals surface area (Å²) in [6.45, 7) is 2.08. The van der Waals surface area contributed by atoms with E-state index < -0.39 is 0 Å². The van der Waals surface area contributed by atoms with Crippen LogP contribution in [0.25, 0.3) is 22.4 Å². The zero-order chi connectivity index (χ0) is 16.4. The molecule has 2 aromatic heterocycles. The summed E-state index contributed by atoms with van der Waals surface area (Å²) in [6, 6.07) is 7.99. The summed E-state index contributed by atoms with van der Waals surface area (Å²) in [5, 5.41) is 8.78. The quantitative estimate of drug-likeness (QED) is 0.742. The van der Waals surface area contributed by atoms with E-state index in [1.807, 2.05) is 39.9 Å². The predicted octanol–water partition coefficient (Wildman–Crippen LogP) is 3.09. The normalized spacial score (nSPS) is 15.6. The molecule has 0 bridgehead atoms. The monoisotopic (exact) mass is 324 g/mol. The second kappa shape index (κ2) is 6.47. The third kappa shape index (κ3) is 2.79. The molecule has 0 N–H and O–H groups in total. The minimum atomic E-state index is 0.176. The van der Waals surface area contributed by atoms with Gasteiger partial charge in [0, 0.05) is 30.2 Å². The number of para-hydroxylation sites is 1. The Morgan fingerprint density at radius 2 is 1.92 bits per heavy atom. The van der Waals surface area contributed by atoms with Crippen LogP contribution in [0.3, 0.4) is 0 Å². The van der Waals surface area contributed by atoms with Crippen LogP contribution in [0.5, 0.6) is 0 Å². The third-order valence-corrected chi connectivity index (χ3v) is 4.64. The molecule has 124 valence electrons. The standard InChI is InChI=1S/C18H20N4O2/c23-17(21-9-5-1-2-6-10-21)12-22-11-15(18-20-19-13-24-18)14-7-3-4-8-16(14)22/h3-4,7-8,11,13H,1-2,5-6,9-10,12H2. The maximum atomic E-state index is 12.7. The largest absolute Gasteiger partial charge is 0.423 e. The molecule has 1 aromatic carbocycles. The number of nitrogens with zero attached hydrogens (tertiary/aromatic N) is 4. The van der Waals surface area contributed by atoms with Gasteiger partial charge in [-0.05, 0) is 18.9 Å². The molecule has 24 heavy (non-hydrogen) atoms. The van der Waals surface area contributed by atoms with Gasteiger partial charge in [-0.15, -0.1) is 10.2 Å². The van der Waals surface area contributed by atoms with Gasteiger partial charge in [0.25, 0.3) is 0 Å². The lowest BCUT2D eigenvalue weighted by Gasteiger charge is -2.20. The summed E-state index contributed by atoms with van der Waals surface area (Å²) in [5.74, 6) is 0.655. The molecule has 0 unspecified atom stereocenters. The zero-order valence-corrected chi connectivity index (χ0v) is 13.5. The maximum absolute atomic E-state index is 12.7. The number of likely N-dealkylation sites (tertiary alicyclic amines) is 1. The van der Waals surface area contributed by atoms with E-state index >= 15 is 0 Å². The van der Waals surface area contributed by atoms with Crippen LogP contribution in [0, 0.1) is 0 Å². The fourth-order valence-electron chi connectivity index (χ4n) is 3.40. The highest BCUT2D eigenvalue weighted by Gasteiger charge is 2.19. The fourth-order valence-corrected chi connectivity index (χ4v) is 3.40. The number of amides is 1. The Kier molecular flexibility index (Phi) is 4.02. The van der Waals surface area contributed by atoms with E-state index in [1.54, 1.807) is 0 Å². The maximum Gasteiger partial charge on any atom is 0.249 e. The topological polar surface area (TPSA) is 64.2 Å². The Morgan fingerprint density at radius 3 is 2.67 bits per heavy atom. The second-order valence-corrected chi connectivity index (χ2v) is 6.23. The van der Waals surface area contributed by atoms with Crippen LogP contribution in [-0.4, -0.2) is 38.7 Å². The smallest absolute Gasteiger partial charge is 0.249 e. The molecule has 0 atom stereocenters. The highest BCUT2D eigenvalue weighted by atomic mass is 16.4. The van der Waals surface area contributed by atoms with E-state index in [1.165, 1.54) is 19.2 Å². The molecule has 0 saturated carbocycles. The lowest BCUT2D eigenvalue weighted by Crippen LogP contribution is -2.34. The lowest BCUT2D eigenvalue weighted by molar-refractivity contribution is -0.131. The summed E-state index contributed by atoms with van der Waals surface area (Å²) in [6.07, 6.45) is 7.91. The van der Waals surface area contributed by atoms with Gasteiger partial charge in [0.2, 0.25) is 18.2 Å². The lowest BCUT2D eigenvalue weighted by atomic mass is 10.2. The van der Waals surface area contributed by atoms with Gasteiger partial charge in [0.15, 0.2) is 0 Å². The number of benzene rings is 1. The summed E-state index contributed by atoms with van der Waals surface area (Å²) in [4.78, 5) is 14.7. The molecule has 6 heteroatoms. The van der Waals surface area contributed by atoms with Gasteiger partial charge in [-0.25, -0.2) is 0 Å². The number of carbonyl (C=O) groups excluding carboxylic acids is 1. The Balaban J connectivity index is 1.65. The number of hydrogen-bond acceptors (Lipinski definition) is 4. The van der Waals surface area contributed by atoms with Crippen molar-refractivity contribution in [3.8, 4) is 11.5 Å². The average Bonchev–Trinajstić information content (AvgIpc) is 3.16. The Morgan fingerprint density at radius 1 is 1.12 bits per heavy atom. The van der Waals surface area contributed by atoms with Crippen LogP contribution in [0.2, 0.25) is 0 Å². The van der Waals surface area contributed by atoms with Gasteiger partial charge >= 0.3 is 0 Å². The molecule has 6 nitrogen and oxygen atoms in total. The molecule has 1 saturated heterocycles. The average molecular weight is 324 g/mol. The molecule has 4 rings (SSSR count). The molecule has 0 spiro atoms. The van der Waals surface area contributed by atoms with Crippen LogP contribution in [0.1, 0.15) is 25.7 Å². The van der Waals surface area contributed by atoms with Crippen molar-refractivity contribution in [2.75, 3.05) is 13.1 Å². The Bertz CT molecular complexity index is 830. The fraction of sp³-hybridized carbons (Fsp3) is 0.389. The number of carbonyl (C=O) groups is 1. The SMILES string of the molecule is O=C(Cn1cc(-c2nnco2)c2ccccc21)N1CCCCCC1. The van der Waals surface area contributed by atoms with E-state index in [-0.39, 0.29) is 5.91 Å². The van der Waals surface area contributed by atoms with E-state index in [4.69, 9.17) is 4.42 Å². The van der Waals surface area contributed by atoms with Crippen LogP contribution < -0.4 is 0 Å². The summed E-state index contributed by atoms with van der Waals surface area (Å²) in [7, 11) is 0. The molecule has 0 radical (unpaired) electrons. The summed E-state index contributed by atoms with van der Waals surface area (Å²) in [5.41, 5.74) is 1.88. The van der Waals surface area contributed by atoms with Gasteiger partial charge in [0.05, 0.1) is 5.56 Å². The first kappa shape index (κ1) is 14.9. The van der Waals surface area contributed by atoms with E-state index in [0.29, 0.717) is 12.4 Å². The van der Waals surface area contributed by atoms with Crippen LogP contribution in [0.4, 0.5) is 0 Å². The van der Waals surface area contributed by atoms with Gasteiger partial charge in [-0.3, -0.25) is 4.79 Å². The molecule has 3 aromatic rings. The van der Waals surface area contributed by atoms with Crippen molar-refractivity contribution >= 4 is 16.8 Å². The molecule has 1 fully saturated rings. The Hall–Kier alpha value is -2.63. The Labute approximate surface area is 140 Å². The van der Waals surface area contributed by atoms with Crippen molar-refractivity contribution in [1.29, 1.82) is 0 Å². The van der Waals surface area contributed by atoms with E-state index in [9.17, 15) is 4.79 Å². The zero-order valence-electron chi connectivity index (χ0n) is 13.5. The van der Waals surface area contributed by atoms with Gasteiger partial charge in [0.1, 0.15) is 6.54 Å². The summed E-state index contributed by atoms with van der Waals surface area (Å²) >= 11 is 0. The van der Waals surface area contributed by atoms with Crippen LogP contribution in [0.15, 0.2) is 41.3 Å². The minimum Gasteiger partial charge on any atom is -0.423 e. The molecular formula is C18H20N4O2.